The first-order valence-corrected chi connectivity index (χ1v) is 7.09. The van der Waals surface area contributed by atoms with Crippen molar-refractivity contribution >= 4 is 0 Å². The van der Waals surface area contributed by atoms with Crippen LogP contribution in [0, 0.1) is 26.6 Å². The second-order valence-electron chi connectivity index (χ2n) is 5.28. The van der Waals surface area contributed by atoms with Crippen molar-refractivity contribution in [3.8, 4) is 0 Å². The number of hydrogen-bond donors (Lipinski definition) is 1. The summed E-state index contributed by atoms with van der Waals surface area (Å²) < 4.78 is 19.8. The van der Waals surface area contributed by atoms with E-state index in [1.807, 2.05) is 32.9 Å². The van der Waals surface area contributed by atoms with Crippen LogP contribution < -0.4 is 5.32 Å². The highest BCUT2D eigenvalue weighted by Crippen LogP contribution is 2.29. The molecule has 1 aromatic carbocycles. The summed E-state index contributed by atoms with van der Waals surface area (Å²) in [6.45, 7) is 8.76. The van der Waals surface area contributed by atoms with Gasteiger partial charge in [0.05, 0.1) is 6.04 Å². The first-order chi connectivity index (χ1) is 9.52. The fraction of sp³-hybridized carbons (Fsp3) is 0.412. The van der Waals surface area contributed by atoms with Crippen LogP contribution in [0.4, 0.5) is 4.39 Å². The van der Waals surface area contributed by atoms with Crippen molar-refractivity contribution in [1.29, 1.82) is 0 Å². The Balaban J connectivity index is 2.46. The van der Waals surface area contributed by atoms with Crippen molar-refractivity contribution in [2.45, 2.75) is 40.2 Å². The molecular formula is C17H22FNO. The molecule has 3 heteroatoms. The maximum atomic E-state index is 14.2. The molecule has 0 radical (unpaired) electrons. The molecule has 1 heterocycles. The largest absolute Gasteiger partial charge is 0.466 e. The Kier molecular flexibility index (Phi) is 4.61. The lowest BCUT2D eigenvalue weighted by Gasteiger charge is -2.20. The van der Waals surface area contributed by atoms with Crippen LogP contribution in [-0.4, -0.2) is 6.54 Å². The van der Waals surface area contributed by atoms with E-state index in [1.54, 1.807) is 6.07 Å². The highest BCUT2D eigenvalue weighted by molar-refractivity contribution is 5.37. The Labute approximate surface area is 120 Å². The van der Waals surface area contributed by atoms with Crippen molar-refractivity contribution in [3.63, 3.8) is 0 Å². The first-order valence-electron chi connectivity index (χ1n) is 7.09. The van der Waals surface area contributed by atoms with Crippen LogP contribution in [0.25, 0.3) is 0 Å². The normalized spacial score (nSPS) is 12.7. The average Bonchev–Trinajstić information content (AvgIpc) is 2.73. The quantitative estimate of drug-likeness (QED) is 0.873. The van der Waals surface area contributed by atoms with E-state index in [1.165, 1.54) is 6.07 Å². The minimum absolute atomic E-state index is 0.160. The SMILES string of the molecule is CCCNC(c1cc(C)ccc1F)c1cc(C)oc1C. The van der Waals surface area contributed by atoms with Crippen molar-refractivity contribution in [2.24, 2.45) is 0 Å². The fourth-order valence-corrected chi connectivity index (χ4v) is 2.50. The number of hydrogen-bond acceptors (Lipinski definition) is 2. The number of rotatable bonds is 5. The van der Waals surface area contributed by atoms with Gasteiger partial charge in [-0.1, -0.05) is 24.6 Å². The molecule has 1 N–H and O–H groups in total. The van der Waals surface area contributed by atoms with Crippen molar-refractivity contribution in [1.82, 2.24) is 5.32 Å². The maximum absolute atomic E-state index is 14.2. The van der Waals surface area contributed by atoms with Gasteiger partial charge in [0.2, 0.25) is 0 Å². The molecule has 0 saturated carbocycles. The summed E-state index contributed by atoms with van der Waals surface area (Å²) in [5, 5.41) is 3.42. The molecular weight excluding hydrogens is 253 g/mol. The summed E-state index contributed by atoms with van der Waals surface area (Å²) in [4.78, 5) is 0. The zero-order valence-corrected chi connectivity index (χ0v) is 12.6. The van der Waals surface area contributed by atoms with Gasteiger partial charge in [-0.05, 0) is 45.9 Å². The number of aryl methyl sites for hydroxylation is 3. The van der Waals surface area contributed by atoms with Crippen LogP contribution in [0.15, 0.2) is 28.7 Å². The van der Waals surface area contributed by atoms with Crippen LogP contribution in [0.2, 0.25) is 0 Å². The van der Waals surface area contributed by atoms with Crippen LogP contribution in [0.1, 0.15) is 47.6 Å². The zero-order chi connectivity index (χ0) is 14.7. The molecule has 1 unspecified atom stereocenters. The summed E-state index contributed by atoms with van der Waals surface area (Å²) in [5.74, 6) is 1.52. The fourth-order valence-electron chi connectivity index (χ4n) is 2.50. The summed E-state index contributed by atoms with van der Waals surface area (Å²) in [5.41, 5.74) is 2.75. The van der Waals surface area contributed by atoms with E-state index in [0.717, 1.165) is 35.6 Å². The molecule has 0 fully saturated rings. The molecule has 0 saturated heterocycles. The predicted octanol–water partition coefficient (Wildman–Crippen LogP) is 4.43. The summed E-state index contributed by atoms with van der Waals surface area (Å²) >= 11 is 0. The Morgan fingerprint density at radius 1 is 1.15 bits per heavy atom. The van der Waals surface area contributed by atoms with Crippen molar-refractivity contribution in [2.75, 3.05) is 6.54 Å². The minimum atomic E-state index is -0.178. The molecule has 0 bridgehead atoms. The lowest BCUT2D eigenvalue weighted by Crippen LogP contribution is -2.24. The number of nitrogens with one attached hydrogen (secondary N) is 1. The highest BCUT2D eigenvalue weighted by Gasteiger charge is 2.21. The van der Waals surface area contributed by atoms with E-state index >= 15 is 0 Å². The first kappa shape index (κ1) is 14.8. The molecule has 0 aliphatic heterocycles. The van der Waals surface area contributed by atoms with E-state index < -0.39 is 0 Å². The van der Waals surface area contributed by atoms with Crippen LogP contribution in [0.3, 0.4) is 0 Å². The topological polar surface area (TPSA) is 25.2 Å². The lowest BCUT2D eigenvalue weighted by molar-refractivity contribution is 0.489. The predicted molar refractivity (Wildman–Crippen MR) is 79.5 cm³/mol. The molecule has 2 nitrogen and oxygen atoms in total. The third kappa shape index (κ3) is 3.10. The zero-order valence-electron chi connectivity index (χ0n) is 12.6. The molecule has 0 spiro atoms. The van der Waals surface area contributed by atoms with Crippen molar-refractivity contribution < 1.29 is 8.81 Å². The monoisotopic (exact) mass is 275 g/mol. The minimum Gasteiger partial charge on any atom is -0.466 e. The second-order valence-corrected chi connectivity index (χ2v) is 5.28. The molecule has 2 aromatic rings. The van der Waals surface area contributed by atoms with E-state index in [9.17, 15) is 4.39 Å². The molecule has 0 aliphatic carbocycles. The van der Waals surface area contributed by atoms with Crippen LogP contribution in [-0.2, 0) is 0 Å². The van der Waals surface area contributed by atoms with Gasteiger partial charge in [0.15, 0.2) is 0 Å². The molecule has 0 amide bonds. The summed E-state index contributed by atoms with van der Waals surface area (Å²) in [7, 11) is 0. The van der Waals surface area contributed by atoms with Gasteiger partial charge in [-0.25, -0.2) is 4.39 Å². The van der Waals surface area contributed by atoms with Gasteiger partial charge in [0.1, 0.15) is 17.3 Å². The summed E-state index contributed by atoms with van der Waals surface area (Å²) in [6, 6.07) is 7.07. The average molecular weight is 275 g/mol. The van der Waals surface area contributed by atoms with Crippen LogP contribution in [0.5, 0.6) is 0 Å². The Morgan fingerprint density at radius 3 is 2.50 bits per heavy atom. The Morgan fingerprint density at radius 2 is 1.90 bits per heavy atom. The standard InChI is InChI=1S/C17H22FNO/c1-5-8-19-17(14-10-12(3)20-13(14)4)15-9-11(2)6-7-16(15)18/h6-7,9-10,17,19H,5,8H2,1-4H3. The highest BCUT2D eigenvalue weighted by atomic mass is 19.1. The number of furan rings is 1. The Bertz CT molecular complexity index is 589. The van der Waals surface area contributed by atoms with Gasteiger partial charge < -0.3 is 9.73 Å². The van der Waals surface area contributed by atoms with Gasteiger partial charge in [0, 0.05) is 11.1 Å². The third-order valence-electron chi connectivity index (χ3n) is 3.45. The van der Waals surface area contributed by atoms with Crippen LogP contribution >= 0.6 is 0 Å². The summed E-state index contributed by atoms with van der Waals surface area (Å²) in [6.07, 6.45) is 1.000. The second kappa shape index (κ2) is 6.23. The third-order valence-corrected chi connectivity index (χ3v) is 3.45. The van der Waals surface area contributed by atoms with Gasteiger partial charge in [0.25, 0.3) is 0 Å². The Hall–Kier alpha value is -1.61. The molecule has 20 heavy (non-hydrogen) atoms. The van der Waals surface area contributed by atoms with Gasteiger partial charge in [-0.2, -0.15) is 0 Å². The van der Waals surface area contributed by atoms with Gasteiger partial charge in [-0.3, -0.25) is 0 Å². The number of halogens is 1. The lowest BCUT2D eigenvalue weighted by atomic mass is 9.96. The number of benzene rings is 1. The van der Waals surface area contributed by atoms with Gasteiger partial charge in [-0.15, -0.1) is 0 Å². The smallest absolute Gasteiger partial charge is 0.128 e. The van der Waals surface area contributed by atoms with E-state index in [4.69, 9.17) is 4.42 Å². The molecule has 1 atom stereocenters. The van der Waals surface area contributed by atoms with E-state index in [0.29, 0.717) is 5.56 Å². The van der Waals surface area contributed by atoms with Gasteiger partial charge >= 0.3 is 0 Å². The molecule has 2 rings (SSSR count). The maximum Gasteiger partial charge on any atom is 0.128 e. The molecule has 108 valence electrons. The van der Waals surface area contributed by atoms with E-state index in [-0.39, 0.29) is 11.9 Å². The van der Waals surface area contributed by atoms with E-state index in [2.05, 4.69) is 12.2 Å². The molecule has 1 aromatic heterocycles. The van der Waals surface area contributed by atoms with Crippen molar-refractivity contribution in [3.05, 3.63) is 58.3 Å². The molecule has 0 aliphatic rings.